The van der Waals surface area contributed by atoms with Crippen LogP contribution in [0, 0.1) is 13.8 Å². The summed E-state index contributed by atoms with van der Waals surface area (Å²) < 4.78 is 12.1. The molecule has 1 atom stereocenters. The molecule has 0 fully saturated rings. The standard InChI is InChI=1S/C18H21NO3S/c1-13-4-3-5-14(2)18(13)19-17(21)12-23(22)11-16-8-6-15(10-20)7-9-16/h3-9,20H,10-12H2,1-2H3,(H,19,21). The monoisotopic (exact) mass is 331 g/mol. The van der Waals surface area contributed by atoms with E-state index in [0.717, 1.165) is 27.9 Å². The van der Waals surface area contributed by atoms with E-state index in [1.165, 1.54) is 0 Å². The molecule has 0 bridgehead atoms. The minimum absolute atomic E-state index is 0.0123. The Morgan fingerprint density at radius 1 is 1.04 bits per heavy atom. The van der Waals surface area contributed by atoms with Crippen molar-refractivity contribution in [2.45, 2.75) is 26.2 Å². The SMILES string of the molecule is Cc1cccc(C)c1NC(=O)CS(=O)Cc1ccc(CO)cc1. The first kappa shape index (κ1) is 17.4. The van der Waals surface area contributed by atoms with Crippen molar-refractivity contribution in [2.75, 3.05) is 11.1 Å². The molecule has 1 amide bonds. The zero-order valence-corrected chi connectivity index (χ0v) is 14.2. The quantitative estimate of drug-likeness (QED) is 0.855. The lowest BCUT2D eigenvalue weighted by Gasteiger charge is -2.11. The van der Waals surface area contributed by atoms with E-state index < -0.39 is 10.8 Å². The Kier molecular flexibility index (Phi) is 6.07. The van der Waals surface area contributed by atoms with Gasteiger partial charge in [-0.3, -0.25) is 9.00 Å². The number of amides is 1. The van der Waals surface area contributed by atoms with E-state index in [0.29, 0.717) is 5.75 Å². The highest BCUT2D eigenvalue weighted by Gasteiger charge is 2.11. The Bertz CT molecular complexity index is 690. The number of benzene rings is 2. The second-order valence-corrected chi connectivity index (χ2v) is 6.98. The number of para-hydroxylation sites is 1. The number of aliphatic hydroxyl groups is 1. The summed E-state index contributed by atoms with van der Waals surface area (Å²) in [4.78, 5) is 12.1. The minimum Gasteiger partial charge on any atom is -0.392 e. The van der Waals surface area contributed by atoms with Gasteiger partial charge in [0.05, 0.1) is 6.61 Å². The molecular weight excluding hydrogens is 310 g/mol. The molecule has 0 saturated heterocycles. The van der Waals surface area contributed by atoms with Gasteiger partial charge in [0.1, 0.15) is 5.75 Å². The molecule has 0 aliphatic carbocycles. The molecule has 4 nitrogen and oxygen atoms in total. The van der Waals surface area contributed by atoms with Crippen molar-refractivity contribution in [3.05, 3.63) is 64.7 Å². The molecule has 1 unspecified atom stereocenters. The summed E-state index contributed by atoms with van der Waals surface area (Å²) in [6.07, 6.45) is 0. The molecule has 2 aromatic carbocycles. The van der Waals surface area contributed by atoms with E-state index in [1.807, 2.05) is 44.2 Å². The summed E-state index contributed by atoms with van der Waals surface area (Å²) in [5.74, 6) is 0.0502. The molecule has 0 aromatic heterocycles. The molecule has 2 aromatic rings. The molecule has 5 heteroatoms. The van der Waals surface area contributed by atoms with Gasteiger partial charge in [-0.1, -0.05) is 42.5 Å². The van der Waals surface area contributed by atoms with Crippen LogP contribution in [-0.2, 0) is 28.0 Å². The van der Waals surface area contributed by atoms with E-state index in [4.69, 9.17) is 5.11 Å². The third-order valence-electron chi connectivity index (χ3n) is 3.57. The number of hydrogen-bond acceptors (Lipinski definition) is 3. The van der Waals surface area contributed by atoms with Gasteiger partial charge in [-0.15, -0.1) is 0 Å². The van der Waals surface area contributed by atoms with Crippen molar-refractivity contribution in [3.63, 3.8) is 0 Å². The van der Waals surface area contributed by atoms with Crippen molar-refractivity contribution >= 4 is 22.4 Å². The Morgan fingerprint density at radius 3 is 2.17 bits per heavy atom. The number of aliphatic hydroxyl groups excluding tert-OH is 1. The molecule has 122 valence electrons. The van der Waals surface area contributed by atoms with Crippen molar-refractivity contribution in [1.29, 1.82) is 0 Å². The van der Waals surface area contributed by atoms with Gasteiger partial charge in [-0.25, -0.2) is 0 Å². The first-order valence-electron chi connectivity index (χ1n) is 7.39. The van der Waals surface area contributed by atoms with Crippen LogP contribution in [-0.4, -0.2) is 21.0 Å². The second kappa shape index (κ2) is 8.04. The summed E-state index contributed by atoms with van der Waals surface area (Å²) in [6, 6.07) is 13.0. The summed E-state index contributed by atoms with van der Waals surface area (Å²) in [6.45, 7) is 3.85. The maximum absolute atomic E-state index is 12.1. The van der Waals surface area contributed by atoms with Gasteiger partial charge in [0.2, 0.25) is 5.91 Å². The summed E-state index contributed by atoms with van der Waals surface area (Å²) in [7, 11) is -1.27. The normalized spacial score (nSPS) is 12.0. The van der Waals surface area contributed by atoms with Gasteiger partial charge in [0.15, 0.2) is 0 Å². The largest absolute Gasteiger partial charge is 0.392 e. The van der Waals surface area contributed by atoms with E-state index in [2.05, 4.69) is 5.32 Å². The molecule has 0 aliphatic heterocycles. The van der Waals surface area contributed by atoms with Gasteiger partial charge in [0, 0.05) is 22.2 Å². The highest BCUT2D eigenvalue weighted by Crippen LogP contribution is 2.19. The average molecular weight is 331 g/mol. The number of carbonyl (C=O) groups is 1. The van der Waals surface area contributed by atoms with Gasteiger partial charge in [0.25, 0.3) is 0 Å². The lowest BCUT2D eigenvalue weighted by atomic mass is 10.1. The highest BCUT2D eigenvalue weighted by atomic mass is 32.2. The Morgan fingerprint density at radius 2 is 1.61 bits per heavy atom. The Balaban J connectivity index is 1.93. The molecular formula is C18H21NO3S. The van der Waals surface area contributed by atoms with Crippen LogP contribution in [0.5, 0.6) is 0 Å². The van der Waals surface area contributed by atoms with Crippen LogP contribution in [0.15, 0.2) is 42.5 Å². The fourth-order valence-electron chi connectivity index (χ4n) is 2.31. The number of carbonyl (C=O) groups excluding carboxylic acids is 1. The number of hydrogen-bond donors (Lipinski definition) is 2. The fourth-order valence-corrected chi connectivity index (χ4v) is 3.34. The second-order valence-electron chi connectivity index (χ2n) is 5.52. The minimum atomic E-state index is -1.27. The molecule has 0 spiro atoms. The zero-order valence-electron chi connectivity index (χ0n) is 13.3. The molecule has 0 aliphatic rings. The Labute approximate surface area is 139 Å². The highest BCUT2D eigenvalue weighted by molar-refractivity contribution is 7.84. The van der Waals surface area contributed by atoms with Crippen LogP contribution >= 0.6 is 0 Å². The molecule has 0 heterocycles. The third kappa shape index (κ3) is 5.01. The predicted molar refractivity (Wildman–Crippen MR) is 93.6 cm³/mol. The van der Waals surface area contributed by atoms with E-state index >= 15 is 0 Å². The molecule has 23 heavy (non-hydrogen) atoms. The van der Waals surface area contributed by atoms with Crippen molar-refractivity contribution in [1.82, 2.24) is 0 Å². The summed E-state index contributed by atoms with van der Waals surface area (Å²) in [5.41, 5.74) is 4.47. The van der Waals surface area contributed by atoms with E-state index in [-0.39, 0.29) is 18.3 Å². The predicted octanol–water partition coefficient (Wildman–Crippen LogP) is 2.68. The van der Waals surface area contributed by atoms with Crippen LogP contribution in [0.1, 0.15) is 22.3 Å². The fraction of sp³-hybridized carbons (Fsp3) is 0.278. The van der Waals surface area contributed by atoms with Gasteiger partial charge in [-0.2, -0.15) is 0 Å². The lowest BCUT2D eigenvalue weighted by molar-refractivity contribution is -0.113. The summed E-state index contributed by atoms with van der Waals surface area (Å²) >= 11 is 0. The topological polar surface area (TPSA) is 66.4 Å². The smallest absolute Gasteiger partial charge is 0.237 e. The molecule has 2 rings (SSSR count). The van der Waals surface area contributed by atoms with E-state index in [1.54, 1.807) is 12.1 Å². The zero-order chi connectivity index (χ0) is 16.8. The molecule has 0 saturated carbocycles. The molecule has 0 radical (unpaired) electrons. The molecule has 2 N–H and O–H groups in total. The van der Waals surface area contributed by atoms with Crippen molar-refractivity contribution in [2.24, 2.45) is 0 Å². The number of anilines is 1. The number of aryl methyl sites for hydroxylation is 2. The van der Waals surface area contributed by atoms with Crippen LogP contribution in [0.3, 0.4) is 0 Å². The van der Waals surface area contributed by atoms with Gasteiger partial charge in [-0.05, 0) is 36.1 Å². The first-order valence-corrected chi connectivity index (χ1v) is 8.88. The first-order chi connectivity index (χ1) is 11.0. The number of rotatable bonds is 6. The van der Waals surface area contributed by atoms with Crippen LogP contribution in [0.25, 0.3) is 0 Å². The maximum atomic E-state index is 12.1. The lowest BCUT2D eigenvalue weighted by Crippen LogP contribution is -2.21. The van der Waals surface area contributed by atoms with Crippen molar-refractivity contribution < 1.29 is 14.1 Å². The van der Waals surface area contributed by atoms with Crippen LogP contribution in [0.2, 0.25) is 0 Å². The number of nitrogens with one attached hydrogen (secondary N) is 1. The average Bonchev–Trinajstić information content (AvgIpc) is 2.51. The van der Waals surface area contributed by atoms with Gasteiger partial charge < -0.3 is 10.4 Å². The van der Waals surface area contributed by atoms with Crippen LogP contribution < -0.4 is 5.32 Å². The Hall–Kier alpha value is -1.98. The van der Waals surface area contributed by atoms with Gasteiger partial charge >= 0.3 is 0 Å². The third-order valence-corrected chi connectivity index (χ3v) is 4.81. The van der Waals surface area contributed by atoms with E-state index in [9.17, 15) is 9.00 Å². The van der Waals surface area contributed by atoms with Crippen molar-refractivity contribution in [3.8, 4) is 0 Å². The van der Waals surface area contributed by atoms with Crippen LogP contribution in [0.4, 0.5) is 5.69 Å². The summed E-state index contributed by atoms with van der Waals surface area (Å²) in [5, 5.41) is 11.8. The maximum Gasteiger partial charge on any atom is 0.237 e.